The van der Waals surface area contributed by atoms with Crippen molar-refractivity contribution in [1.29, 1.82) is 0 Å². The molecule has 0 heterocycles. The summed E-state index contributed by atoms with van der Waals surface area (Å²) >= 11 is 11.8. The molecule has 0 fully saturated rings. The molecule has 2 aromatic rings. The van der Waals surface area contributed by atoms with Crippen molar-refractivity contribution in [3.05, 3.63) is 69.7 Å². The molecule has 0 aliphatic carbocycles. The highest BCUT2D eigenvalue weighted by Gasteiger charge is 1.99. The third-order valence-corrected chi connectivity index (χ3v) is 3.49. The van der Waals surface area contributed by atoms with Crippen LogP contribution in [0.5, 0.6) is 0 Å². The summed E-state index contributed by atoms with van der Waals surface area (Å²) < 4.78 is 0. The lowest BCUT2D eigenvalue weighted by atomic mass is 10.1. The first-order valence-electron chi connectivity index (χ1n) is 5.94. The standard InChI is InChI=1S/C15H15Cl2N/c16-14-7-6-13(10-15(14)17)11-18-9-8-12-4-2-1-3-5-12/h1-7,10,18H,8-9,11H2. The molecule has 1 nitrogen and oxygen atoms in total. The van der Waals surface area contributed by atoms with E-state index in [1.807, 2.05) is 24.3 Å². The second-order valence-corrected chi connectivity index (χ2v) is 4.98. The van der Waals surface area contributed by atoms with Crippen LogP contribution in [0.1, 0.15) is 11.1 Å². The maximum absolute atomic E-state index is 5.96. The van der Waals surface area contributed by atoms with Crippen molar-refractivity contribution in [2.45, 2.75) is 13.0 Å². The molecule has 0 atom stereocenters. The molecule has 0 aliphatic heterocycles. The lowest BCUT2D eigenvalue weighted by molar-refractivity contribution is 0.687. The maximum atomic E-state index is 5.96. The Morgan fingerprint density at radius 3 is 2.33 bits per heavy atom. The minimum Gasteiger partial charge on any atom is -0.312 e. The normalized spacial score (nSPS) is 10.6. The van der Waals surface area contributed by atoms with Crippen LogP contribution in [-0.2, 0) is 13.0 Å². The van der Waals surface area contributed by atoms with Crippen LogP contribution in [0.4, 0.5) is 0 Å². The fourth-order valence-corrected chi connectivity index (χ4v) is 2.08. The van der Waals surface area contributed by atoms with E-state index in [1.165, 1.54) is 5.56 Å². The molecule has 0 aromatic heterocycles. The first kappa shape index (κ1) is 13.4. The Labute approximate surface area is 118 Å². The molecular weight excluding hydrogens is 265 g/mol. The monoisotopic (exact) mass is 279 g/mol. The van der Waals surface area contributed by atoms with Gasteiger partial charge in [-0.2, -0.15) is 0 Å². The van der Waals surface area contributed by atoms with Gasteiger partial charge in [-0.25, -0.2) is 0 Å². The summed E-state index contributed by atoms with van der Waals surface area (Å²) in [5.41, 5.74) is 2.50. The van der Waals surface area contributed by atoms with Crippen LogP contribution in [0.2, 0.25) is 10.0 Å². The van der Waals surface area contributed by atoms with Crippen molar-refractivity contribution in [1.82, 2.24) is 5.32 Å². The van der Waals surface area contributed by atoms with E-state index in [4.69, 9.17) is 23.2 Å². The Balaban J connectivity index is 1.77. The summed E-state index contributed by atoms with van der Waals surface area (Å²) in [6.45, 7) is 1.76. The molecule has 0 unspecified atom stereocenters. The van der Waals surface area contributed by atoms with Crippen LogP contribution in [0, 0.1) is 0 Å². The van der Waals surface area contributed by atoms with Gasteiger partial charge in [-0.3, -0.25) is 0 Å². The van der Waals surface area contributed by atoms with Gasteiger partial charge in [-0.05, 0) is 36.2 Å². The molecule has 0 saturated heterocycles. The second-order valence-electron chi connectivity index (χ2n) is 4.16. The van der Waals surface area contributed by atoms with E-state index in [-0.39, 0.29) is 0 Å². The molecule has 0 aliphatic rings. The van der Waals surface area contributed by atoms with E-state index >= 15 is 0 Å². The molecule has 1 N–H and O–H groups in total. The van der Waals surface area contributed by atoms with Crippen molar-refractivity contribution in [3.63, 3.8) is 0 Å². The third-order valence-electron chi connectivity index (χ3n) is 2.75. The van der Waals surface area contributed by atoms with Gasteiger partial charge in [0.05, 0.1) is 10.0 Å². The van der Waals surface area contributed by atoms with Gasteiger partial charge in [0.25, 0.3) is 0 Å². The zero-order valence-corrected chi connectivity index (χ0v) is 11.5. The summed E-state index contributed by atoms with van der Waals surface area (Å²) in [6.07, 6.45) is 1.03. The molecule has 18 heavy (non-hydrogen) atoms. The maximum Gasteiger partial charge on any atom is 0.0595 e. The van der Waals surface area contributed by atoms with Gasteiger partial charge >= 0.3 is 0 Å². The van der Waals surface area contributed by atoms with Gasteiger partial charge in [0.2, 0.25) is 0 Å². The number of halogens is 2. The number of rotatable bonds is 5. The smallest absolute Gasteiger partial charge is 0.0595 e. The molecule has 0 bridgehead atoms. The van der Waals surface area contributed by atoms with Crippen molar-refractivity contribution >= 4 is 23.2 Å². The fourth-order valence-electron chi connectivity index (χ4n) is 1.76. The summed E-state index contributed by atoms with van der Waals surface area (Å²) in [5, 5.41) is 4.61. The van der Waals surface area contributed by atoms with Crippen LogP contribution in [-0.4, -0.2) is 6.54 Å². The van der Waals surface area contributed by atoms with Gasteiger partial charge in [0.15, 0.2) is 0 Å². The largest absolute Gasteiger partial charge is 0.312 e. The summed E-state index contributed by atoms with van der Waals surface area (Å²) in [4.78, 5) is 0. The molecule has 3 heteroatoms. The minimum absolute atomic E-state index is 0.602. The molecule has 94 valence electrons. The van der Waals surface area contributed by atoms with Crippen molar-refractivity contribution in [3.8, 4) is 0 Å². The Hall–Kier alpha value is -1.02. The van der Waals surface area contributed by atoms with E-state index in [2.05, 4.69) is 29.6 Å². The molecular formula is C15H15Cl2N. The zero-order valence-electron chi connectivity index (χ0n) is 10.00. The van der Waals surface area contributed by atoms with Crippen molar-refractivity contribution < 1.29 is 0 Å². The minimum atomic E-state index is 0.602. The summed E-state index contributed by atoms with van der Waals surface area (Å²) in [5.74, 6) is 0. The van der Waals surface area contributed by atoms with Gasteiger partial charge in [0.1, 0.15) is 0 Å². The van der Waals surface area contributed by atoms with Crippen molar-refractivity contribution in [2.75, 3.05) is 6.54 Å². The summed E-state index contributed by atoms with van der Waals surface area (Å²) in [7, 11) is 0. The molecule has 2 aromatic carbocycles. The van der Waals surface area contributed by atoms with Crippen LogP contribution in [0.15, 0.2) is 48.5 Å². The van der Waals surface area contributed by atoms with E-state index in [9.17, 15) is 0 Å². The number of nitrogens with one attached hydrogen (secondary N) is 1. The van der Waals surface area contributed by atoms with Crippen LogP contribution >= 0.6 is 23.2 Å². The van der Waals surface area contributed by atoms with Crippen molar-refractivity contribution in [2.24, 2.45) is 0 Å². The van der Waals surface area contributed by atoms with Crippen LogP contribution in [0.3, 0.4) is 0 Å². The van der Waals surface area contributed by atoms with Crippen LogP contribution < -0.4 is 5.32 Å². The SMILES string of the molecule is Clc1ccc(CNCCc2ccccc2)cc1Cl. The fraction of sp³-hybridized carbons (Fsp3) is 0.200. The average Bonchev–Trinajstić information content (AvgIpc) is 2.40. The predicted molar refractivity (Wildman–Crippen MR) is 78.3 cm³/mol. The molecule has 0 radical (unpaired) electrons. The highest BCUT2D eigenvalue weighted by atomic mass is 35.5. The first-order valence-corrected chi connectivity index (χ1v) is 6.70. The highest BCUT2D eigenvalue weighted by Crippen LogP contribution is 2.22. The molecule has 0 spiro atoms. The Bertz CT molecular complexity index is 497. The quantitative estimate of drug-likeness (QED) is 0.804. The predicted octanol–water partition coefficient (Wildman–Crippen LogP) is 4.33. The number of hydrogen-bond acceptors (Lipinski definition) is 1. The van der Waals surface area contributed by atoms with E-state index < -0.39 is 0 Å². The van der Waals surface area contributed by atoms with Gasteiger partial charge < -0.3 is 5.32 Å². The highest BCUT2D eigenvalue weighted by molar-refractivity contribution is 6.42. The topological polar surface area (TPSA) is 12.0 Å². The first-order chi connectivity index (χ1) is 8.75. The second kappa shape index (κ2) is 6.79. The number of hydrogen-bond donors (Lipinski definition) is 1. The van der Waals surface area contributed by atoms with Gasteiger partial charge in [0, 0.05) is 6.54 Å². The average molecular weight is 280 g/mol. The summed E-state index contributed by atoms with van der Waals surface area (Å²) in [6, 6.07) is 16.2. The Morgan fingerprint density at radius 1 is 0.833 bits per heavy atom. The Kier molecular flexibility index (Phi) is 5.06. The zero-order chi connectivity index (χ0) is 12.8. The Morgan fingerprint density at radius 2 is 1.61 bits per heavy atom. The van der Waals surface area contributed by atoms with Gasteiger partial charge in [-0.15, -0.1) is 0 Å². The van der Waals surface area contributed by atoms with E-state index in [1.54, 1.807) is 0 Å². The van der Waals surface area contributed by atoms with E-state index in [0.717, 1.165) is 25.1 Å². The number of benzene rings is 2. The molecule has 0 amide bonds. The van der Waals surface area contributed by atoms with Gasteiger partial charge in [-0.1, -0.05) is 59.6 Å². The molecule has 0 saturated carbocycles. The lowest BCUT2D eigenvalue weighted by Crippen LogP contribution is -2.16. The third kappa shape index (κ3) is 4.02. The van der Waals surface area contributed by atoms with Crippen LogP contribution in [0.25, 0.3) is 0 Å². The lowest BCUT2D eigenvalue weighted by Gasteiger charge is -2.06. The van der Waals surface area contributed by atoms with E-state index in [0.29, 0.717) is 10.0 Å². The molecule has 2 rings (SSSR count).